The zero-order chi connectivity index (χ0) is 12.8. The van der Waals surface area contributed by atoms with Gasteiger partial charge in [0, 0.05) is 30.8 Å². The van der Waals surface area contributed by atoms with E-state index in [2.05, 4.69) is 20.8 Å². The molecule has 1 aromatic heterocycles. The van der Waals surface area contributed by atoms with E-state index in [9.17, 15) is 4.79 Å². The number of hydrogen-bond donors (Lipinski definition) is 0. The van der Waals surface area contributed by atoms with E-state index in [0.29, 0.717) is 18.9 Å². The van der Waals surface area contributed by atoms with Crippen LogP contribution in [0, 0.1) is 0 Å². The number of amides is 1. The highest BCUT2D eigenvalue weighted by Crippen LogP contribution is 2.19. The van der Waals surface area contributed by atoms with Crippen molar-refractivity contribution in [3.8, 4) is 0 Å². The van der Waals surface area contributed by atoms with E-state index in [0.717, 1.165) is 30.5 Å². The van der Waals surface area contributed by atoms with Crippen molar-refractivity contribution >= 4 is 21.8 Å². The fourth-order valence-electron chi connectivity index (χ4n) is 2.49. The number of aryl methyl sites for hydroxylation is 1. The van der Waals surface area contributed by atoms with E-state index in [-0.39, 0.29) is 5.91 Å². The van der Waals surface area contributed by atoms with Crippen molar-refractivity contribution in [1.29, 1.82) is 0 Å². The van der Waals surface area contributed by atoms with Gasteiger partial charge in [-0.05, 0) is 25.0 Å². The molecule has 2 heterocycles. The van der Waals surface area contributed by atoms with Gasteiger partial charge in [-0.1, -0.05) is 28.8 Å². The molecule has 0 radical (unpaired) electrons. The number of carbonyl (C=O) groups is 1. The SMILES string of the molecule is O=C(CCc1ccco1)N1CCCCCC1CBr. The van der Waals surface area contributed by atoms with Crippen LogP contribution in [-0.2, 0) is 11.2 Å². The number of likely N-dealkylation sites (tertiary alicyclic amines) is 1. The fraction of sp³-hybridized carbons (Fsp3) is 0.643. The second-order valence-electron chi connectivity index (χ2n) is 4.82. The quantitative estimate of drug-likeness (QED) is 0.798. The molecular formula is C14H20BrNO2. The Hall–Kier alpha value is -0.770. The van der Waals surface area contributed by atoms with E-state index < -0.39 is 0 Å². The molecule has 18 heavy (non-hydrogen) atoms. The van der Waals surface area contributed by atoms with Gasteiger partial charge in [-0.15, -0.1) is 0 Å². The van der Waals surface area contributed by atoms with E-state index >= 15 is 0 Å². The first-order chi connectivity index (χ1) is 8.81. The molecule has 1 fully saturated rings. The Morgan fingerprint density at radius 2 is 2.33 bits per heavy atom. The van der Waals surface area contributed by atoms with Crippen molar-refractivity contribution in [2.45, 2.75) is 44.6 Å². The fourth-order valence-corrected chi connectivity index (χ4v) is 3.17. The predicted octanol–water partition coefficient (Wildman–Crippen LogP) is 3.38. The van der Waals surface area contributed by atoms with E-state index in [1.54, 1.807) is 6.26 Å². The summed E-state index contributed by atoms with van der Waals surface area (Å²) in [6.07, 6.45) is 7.65. The van der Waals surface area contributed by atoms with Crippen molar-refractivity contribution in [2.24, 2.45) is 0 Å². The molecule has 100 valence electrons. The average molecular weight is 314 g/mol. The summed E-state index contributed by atoms with van der Waals surface area (Å²) < 4.78 is 5.27. The lowest BCUT2D eigenvalue weighted by atomic mass is 10.1. The highest BCUT2D eigenvalue weighted by Gasteiger charge is 2.24. The molecular weight excluding hydrogens is 294 g/mol. The van der Waals surface area contributed by atoms with E-state index in [1.165, 1.54) is 12.8 Å². The summed E-state index contributed by atoms with van der Waals surface area (Å²) in [5.74, 6) is 1.16. The molecule has 0 N–H and O–H groups in total. The first-order valence-electron chi connectivity index (χ1n) is 6.69. The Kier molecular flexibility index (Phi) is 5.29. The number of carbonyl (C=O) groups excluding carboxylic acids is 1. The summed E-state index contributed by atoms with van der Waals surface area (Å²) in [5, 5.41) is 0.888. The van der Waals surface area contributed by atoms with Crippen LogP contribution in [0.1, 0.15) is 37.9 Å². The van der Waals surface area contributed by atoms with Crippen LogP contribution in [-0.4, -0.2) is 28.7 Å². The van der Waals surface area contributed by atoms with Crippen LogP contribution < -0.4 is 0 Å². The molecule has 1 unspecified atom stereocenters. The zero-order valence-corrected chi connectivity index (χ0v) is 12.2. The maximum absolute atomic E-state index is 12.3. The zero-order valence-electron chi connectivity index (χ0n) is 10.6. The lowest BCUT2D eigenvalue weighted by Crippen LogP contribution is -2.41. The topological polar surface area (TPSA) is 33.5 Å². The highest BCUT2D eigenvalue weighted by atomic mass is 79.9. The molecule has 0 bridgehead atoms. The summed E-state index contributed by atoms with van der Waals surface area (Å²) in [6, 6.07) is 4.17. The van der Waals surface area contributed by atoms with Gasteiger partial charge >= 0.3 is 0 Å². The molecule has 1 amide bonds. The Morgan fingerprint density at radius 3 is 3.06 bits per heavy atom. The Bertz CT molecular complexity index is 364. The van der Waals surface area contributed by atoms with Crippen LogP contribution in [0.4, 0.5) is 0 Å². The van der Waals surface area contributed by atoms with Crippen LogP contribution >= 0.6 is 15.9 Å². The second kappa shape index (κ2) is 6.98. The van der Waals surface area contributed by atoms with Gasteiger partial charge in [0.1, 0.15) is 5.76 Å². The van der Waals surface area contributed by atoms with Gasteiger partial charge in [-0.25, -0.2) is 0 Å². The van der Waals surface area contributed by atoms with Crippen LogP contribution in [0.25, 0.3) is 0 Å². The molecule has 1 saturated heterocycles. The Labute approximate surface area is 117 Å². The van der Waals surface area contributed by atoms with Gasteiger partial charge < -0.3 is 9.32 Å². The lowest BCUT2D eigenvalue weighted by Gasteiger charge is -2.28. The van der Waals surface area contributed by atoms with Crippen molar-refractivity contribution in [3.05, 3.63) is 24.2 Å². The summed E-state index contributed by atoms with van der Waals surface area (Å²) >= 11 is 3.53. The van der Waals surface area contributed by atoms with Crippen LogP contribution in [0.2, 0.25) is 0 Å². The number of halogens is 1. The van der Waals surface area contributed by atoms with Gasteiger partial charge in [-0.3, -0.25) is 4.79 Å². The smallest absolute Gasteiger partial charge is 0.223 e. The number of hydrogen-bond acceptors (Lipinski definition) is 2. The third-order valence-electron chi connectivity index (χ3n) is 3.54. The third kappa shape index (κ3) is 3.61. The molecule has 1 aromatic rings. The number of alkyl halides is 1. The predicted molar refractivity (Wildman–Crippen MR) is 74.8 cm³/mol. The Morgan fingerprint density at radius 1 is 1.44 bits per heavy atom. The van der Waals surface area contributed by atoms with Gasteiger partial charge in [0.05, 0.1) is 6.26 Å². The summed E-state index contributed by atoms with van der Waals surface area (Å²) in [5.41, 5.74) is 0. The van der Waals surface area contributed by atoms with Crippen LogP contribution in [0.5, 0.6) is 0 Å². The molecule has 2 rings (SSSR count). The van der Waals surface area contributed by atoms with Gasteiger partial charge in [0.15, 0.2) is 0 Å². The third-order valence-corrected chi connectivity index (χ3v) is 4.29. The second-order valence-corrected chi connectivity index (χ2v) is 5.47. The molecule has 1 aliphatic heterocycles. The van der Waals surface area contributed by atoms with Crippen LogP contribution in [0.3, 0.4) is 0 Å². The molecule has 0 aromatic carbocycles. The number of nitrogens with zero attached hydrogens (tertiary/aromatic N) is 1. The highest BCUT2D eigenvalue weighted by molar-refractivity contribution is 9.09. The van der Waals surface area contributed by atoms with Gasteiger partial charge in [-0.2, -0.15) is 0 Å². The molecule has 1 aliphatic rings. The maximum atomic E-state index is 12.3. The molecule has 0 spiro atoms. The Balaban J connectivity index is 1.89. The minimum Gasteiger partial charge on any atom is -0.469 e. The van der Waals surface area contributed by atoms with Crippen molar-refractivity contribution in [1.82, 2.24) is 4.90 Å². The maximum Gasteiger partial charge on any atom is 0.223 e. The van der Waals surface area contributed by atoms with Gasteiger partial charge in [0.25, 0.3) is 0 Å². The monoisotopic (exact) mass is 313 g/mol. The minimum absolute atomic E-state index is 0.262. The number of rotatable bonds is 4. The standard InChI is InChI=1S/C14H20BrNO2/c15-11-12-5-2-1-3-9-16(12)14(17)8-7-13-6-4-10-18-13/h4,6,10,12H,1-3,5,7-9,11H2. The molecule has 3 nitrogen and oxygen atoms in total. The number of furan rings is 1. The first kappa shape index (κ1) is 13.7. The average Bonchev–Trinajstić information content (AvgIpc) is 2.79. The minimum atomic E-state index is 0.262. The molecule has 4 heteroatoms. The summed E-state index contributed by atoms with van der Waals surface area (Å²) in [4.78, 5) is 14.3. The largest absolute Gasteiger partial charge is 0.469 e. The van der Waals surface area contributed by atoms with E-state index in [4.69, 9.17) is 4.42 Å². The van der Waals surface area contributed by atoms with Gasteiger partial charge in [0.2, 0.25) is 5.91 Å². The van der Waals surface area contributed by atoms with Crippen molar-refractivity contribution in [2.75, 3.05) is 11.9 Å². The molecule has 1 atom stereocenters. The van der Waals surface area contributed by atoms with Crippen molar-refractivity contribution < 1.29 is 9.21 Å². The molecule has 0 saturated carbocycles. The van der Waals surface area contributed by atoms with E-state index in [1.807, 2.05) is 12.1 Å². The normalized spacial score (nSPS) is 20.7. The lowest BCUT2D eigenvalue weighted by molar-refractivity contribution is -0.133. The summed E-state index contributed by atoms with van der Waals surface area (Å²) in [7, 11) is 0. The first-order valence-corrected chi connectivity index (χ1v) is 7.81. The van der Waals surface area contributed by atoms with Crippen LogP contribution in [0.15, 0.2) is 22.8 Å². The summed E-state index contributed by atoms with van der Waals surface area (Å²) in [6.45, 7) is 0.910. The van der Waals surface area contributed by atoms with Crippen molar-refractivity contribution in [3.63, 3.8) is 0 Å². The molecule has 0 aliphatic carbocycles.